The highest BCUT2D eigenvalue weighted by atomic mass is 32.1. The molecule has 0 saturated heterocycles. The average molecular weight is 273 g/mol. The molecule has 0 spiro atoms. The van der Waals surface area contributed by atoms with Gasteiger partial charge in [-0.15, -0.1) is 0 Å². The maximum Gasteiger partial charge on any atom is 0.295 e. The SMILES string of the molecule is COCCNC(=S)Nc1ccc(F)cc1[N+](=O)[O-]. The van der Waals surface area contributed by atoms with Gasteiger partial charge in [0.1, 0.15) is 11.5 Å². The summed E-state index contributed by atoms with van der Waals surface area (Å²) in [7, 11) is 1.54. The zero-order chi connectivity index (χ0) is 13.5. The highest BCUT2D eigenvalue weighted by Crippen LogP contribution is 2.24. The van der Waals surface area contributed by atoms with Crippen LogP contribution < -0.4 is 10.6 Å². The average Bonchev–Trinajstić information content (AvgIpc) is 2.31. The van der Waals surface area contributed by atoms with Crippen molar-refractivity contribution in [3.05, 3.63) is 34.1 Å². The summed E-state index contributed by atoms with van der Waals surface area (Å²) in [4.78, 5) is 10.1. The highest BCUT2D eigenvalue weighted by Gasteiger charge is 2.15. The van der Waals surface area contributed by atoms with Crippen LogP contribution in [0.4, 0.5) is 15.8 Å². The molecule has 0 aromatic heterocycles. The second kappa shape index (κ2) is 6.82. The van der Waals surface area contributed by atoms with E-state index in [0.29, 0.717) is 13.2 Å². The summed E-state index contributed by atoms with van der Waals surface area (Å²) < 4.78 is 17.7. The Bertz CT molecular complexity index is 456. The lowest BCUT2D eigenvalue weighted by molar-refractivity contribution is -0.384. The van der Waals surface area contributed by atoms with Crippen molar-refractivity contribution in [1.29, 1.82) is 0 Å². The normalized spacial score (nSPS) is 9.89. The van der Waals surface area contributed by atoms with E-state index in [2.05, 4.69) is 10.6 Å². The molecule has 0 aliphatic heterocycles. The van der Waals surface area contributed by atoms with E-state index in [0.717, 1.165) is 12.1 Å². The first-order chi connectivity index (χ1) is 8.54. The fourth-order valence-corrected chi connectivity index (χ4v) is 1.41. The molecule has 0 unspecified atom stereocenters. The number of thiocarbonyl (C=S) groups is 1. The van der Waals surface area contributed by atoms with Gasteiger partial charge in [0.05, 0.1) is 17.6 Å². The molecule has 8 heteroatoms. The first-order valence-corrected chi connectivity index (χ1v) is 5.43. The molecule has 0 atom stereocenters. The van der Waals surface area contributed by atoms with Gasteiger partial charge < -0.3 is 15.4 Å². The first-order valence-electron chi connectivity index (χ1n) is 5.02. The van der Waals surface area contributed by atoms with Gasteiger partial charge in [-0.2, -0.15) is 0 Å². The quantitative estimate of drug-likeness (QED) is 0.368. The fourth-order valence-electron chi connectivity index (χ4n) is 1.19. The van der Waals surface area contributed by atoms with Gasteiger partial charge in [-0.25, -0.2) is 4.39 Å². The lowest BCUT2D eigenvalue weighted by Crippen LogP contribution is -2.31. The minimum absolute atomic E-state index is 0.135. The minimum Gasteiger partial charge on any atom is -0.383 e. The van der Waals surface area contributed by atoms with Crippen LogP contribution in [0, 0.1) is 15.9 Å². The molecule has 0 saturated carbocycles. The van der Waals surface area contributed by atoms with Crippen LogP contribution in [0.1, 0.15) is 0 Å². The first kappa shape index (κ1) is 14.3. The van der Waals surface area contributed by atoms with Crippen LogP contribution in [0.3, 0.4) is 0 Å². The Labute approximate surface area is 108 Å². The molecular weight excluding hydrogens is 261 g/mol. The van der Waals surface area contributed by atoms with Crippen molar-refractivity contribution in [3.8, 4) is 0 Å². The smallest absolute Gasteiger partial charge is 0.295 e. The molecule has 0 radical (unpaired) electrons. The van der Waals surface area contributed by atoms with E-state index >= 15 is 0 Å². The van der Waals surface area contributed by atoms with Gasteiger partial charge in [-0.3, -0.25) is 10.1 Å². The Morgan fingerprint density at radius 1 is 1.61 bits per heavy atom. The van der Waals surface area contributed by atoms with Gasteiger partial charge in [0.25, 0.3) is 5.69 Å². The van der Waals surface area contributed by atoms with Gasteiger partial charge in [-0.05, 0) is 24.4 Å². The van der Waals surface area contributed by atoms with Gasteiger partial charge in [0.2, 0.25) is 0 Å². The standard InChI is InChI=1S/C10H12FN3O3S/c1-17-5-4-12-10(18)13-8-3-2-7(11)6-9(8)14(15)16/h2-3,6H,4-5H2,1H3,(H2,12,13,18). The van der Waals surface area contributed by atoms with Crippen LogP contribution >= 0.6 is 12.2 Å². The van der Waals surface area contributed by atoms with Crippen molar-refractivity contribution in [2.24, 2.45) is 0 Å². The summed E-state index contributed by atoms with van der Waals surface area (Å²) in [6, 6.07) is 3.21. The lowest BCUT2D eigenvalue weighted by atomic mass is 10.2. The summed E-state index contributed by atoms with van der Waals surface area (Å²) in [6.45, 7) is 0.921. The Balaban J connectivity index is 2.72. The minimum atomic E-state index is -0.677. The molecule has 0 fully saturated rings. The number of nitro benzene ring substituents is 1. The van der Waals surface area contributed by atoms with E-state index in [1.54, 1.807) is 7.11 Å². The number of rotatable bonds is 5. The van der Waals surface area contributed by atoms with Gasteiger partial charge >= 0.3 is 0 Å². The van der Waals surface area contributed by atoms with E-state index < -0.39 is 10.7 Å². The monoisotopic (exact) mass is 273 g/mol. The zero-order valence-corrected chi connectivity index (χ0v) is 10.4. The maximum absolute atomic E-state index is 12.9. The Morgan fingerprint density at radius 3 is 2.94 bits per heavy atom. The number of nitrogens with zero attached hydrogens (tertiary/aromatic N) is 1. The molecular formula is C10H12FN3O3S. The lowest BCUT2D eigenvalue weighted by Gasteiger charge is -2.10. The van der Waals surface area contributed by atoms with E-state index in [1.807, 2.05) is 0 Å². The van der Waals surface area contributed by atoms with Crippen molar-refractivity contribution in [3.63, 3.8) is 0 Å². The van der Waals surface area contributed by atoms with Crippen LogP contribution in [0.5, 0.6) is 0 Å². The third-order valence-corrected chi connectivity index (χ3v) is 2.24. The third-order valence-electron chi connectivity index (χ3n) is 2.00. The molecule has 98 valence electrons. The molecule has 1 aromatic carbocycles. The Hall–Kier alpha value is -1.80. The van der Waals surface area contributed by atoms with Crippen molar-refractivity contribution >= 4 is 28.7 Å². The van der Waals surface area contributed by atoms with Crippen LogP contribution in [0.2, 0.25) is 0 Å². The molecule has 1 rings (SSSR count). The summed E-state index contributed by atoms with van der Waals surface area (Å²) >= 11 is 4.93. The fraction of sp³-hybridized carbons (Fsp3) is 0.300. The predicted octanol–water partition coefficient (Wildman–Crippen LogP) is 1.67. The van der Waals surface area contributed by atoms with Crippen molar-refractivity contribution < 1.29 is 14.1 Å². The van der Waals surface area contributed by atoms with Crippen LogP contribution in [0.25, 0.3) is 0 Å². The third kappa shape index (κ3) is 4.22. The number of hydrogen-bond acceptors (Lipinski definition) is 4. The molecule has 0 aliphatic carbocycles. The molecule has 18 heavy (non-hydrogen) atoms. The molecule has 0 aliphatic rings. The zero-order valence-electron chi connectivity index (χ0n) is 9.60. The number of benzene rings is 1. The van der Waals surface area contributed by atoms with Gasteiger partial charge in [0, 0.05) is 13.7 Å². The Morgan fingerprint density at radius 2 is 2.33 bits per heavy atom. The summed E-state index contributed by atoms with van der Waals surface area (Å²) in [5.41, 5.74) is -0.234. The van der Waals surface area contributed by atoms with Crippen LogP contribution in [0.15, 0.2) is 18.2 Å². The Kier molecular flexibility index (Phi) is 5.40. The second-order valence-corrected chi connectivity index (χ2v) is 3.70. The number of hydrogen-bond donors (Lipinski definition) is 2. The van der Waals surface area contributed by atoms with Crippen molar-refractivity contribution in [1.82, 2.24) is 5.32 Å². The van der Waals surface area contributed by atoms with Crippen LogP contribution in [-0.4, -0.2) is 30.3 Å². The second-order valence-electron chi connectivity index (χ2n) is 3.29. The van der Waals surface area contributed by atoms with E-state index in [-0.39, 0.29) is 16.5 Å². The maximum atomic E-state index is 12.9. The van der Waals surface area contributed by atoms with E-state index in [9.17, 15) is 14.5 Å². The summed E-state index contributed by atoms with van der Waals surface area (Å²) in [5, 5.41) is 16.4. The molecule has 6 nitrogen and oxygen atoms in total. The number of ether oxygens (including phenoxy) is 1. The molecule has 1 aromatic rings. The topological polar surface area (TPSA) is 76.4 Å². The van der Waals surface area contributed by atoms with Crippen LogP contribution in [-0.2, 0) is 4.74 Å². The summed E-state index contributed by atoms with van der Waals surface area (Å²) in [6.07, 6.45) is 0. The highest BCUT2D eigenvalue weighted by molar-refractivity contribution is 7.80. The number of halogens is 1. The van der Waals surface area contributed by atoms with Gasteiger partial charge in [-0.1, -0.05) is 0 Å². The van der Waals surface area contributed by atoms with Gasteiger partial charge in [0.15, 0.2) is 5.11 Å². The van der Waals surface area contributed by atoms with E-state index in [4.69, 9.17) is 17.0 Å². The van der Waals surface area contributed by atoms with E-state index in [1.165, 1.54) is 6.07 Å². The molecule has 2 N–H and O–H groups in total. The number of nitrogens with one attached hydrogen (secondary N) is 2. The molecule has 0 heterocycles. The number of methoxy groups -OCH3 is 1. The number of anilines is 1. The summed E-state index contributed by atoms with van der Waals surface area (Å²) in [5.74, 6) is -0.675. The van der Waals surface area contributed by atoms with Crippen molar-refractivity contribution in [2.45, 2.75) is 0 Å². The van der Waals surface area contributed by atoms with Crippen molar-refractivity contribution in [2.75, 3.05) is 25.6 Å². The largest absolute Gasteiger partial charge is 0.383 e. The number of nitro groups is 1. The molecule has 0 amide bonds. The molecule has 0 bridgehead atoms. The predicted molar refractivity (Wildman–Crippen MR) is 69.2 cm³/mol.